The number of aromatic nitrogens is 3. The standard InChI is InChI=1S/C14H18N6O4S.ClH/c1-24-7-6-15-4-5-16-13(21)10-2-3-11-12(8-10)25(22,23)19-14-17-9-18-20(11)14;/h2-3,8-9,15H,4-7H2,1H3,(H,16,21)(H,17,18,19);1H. The van der Waals surface area contributed by atoms with Gasteiger partial charge in [0.1, 0.15) is 11.2 Å². The molecule has 2 aromatic rings. The summed E-state index contributed by atoms with van der Waals surface area (Å²) in [6.45, 7) is 2.28. The summed E-state index contributed by atoms with van der Waals surface area (Å²) >= 11 is 0. The molecule has 1 aromatic carbocycles. The average molecular weight is 403 g/mol. The molecule has 0 atom stereocenters. The number of anilines is 1. The Bertz CT molecular complexity index is 885. The number of halogens is 1. The molecule has 1 aromatic heterocycles. The molecule has 0 spiro atoms. The van der Waals surface area contributed by atoms with Crippen molar-refractivity contribution in [2.75, 3.05) is 38.1 Å². The van der Waals surface area contributed by atoms with Crippen LogP contribution in [0.15, 0.2) is 29.4 Å². The minimum Gasteiger partial charge on any atom is -0.383 e. The van der Waals surface area contributed by atoms with Crippen molar-refractivity contribution in [3.63, 3.8) is 0 Å². The van der Waals surface area contributed by atoms with Crippen LogP contribution in [0.2, 0.25) is 0 Å². The molecule has 10 nitrogen and oxygen atoms in total. The highest BCUT2D eigenvalue weighted by Crippen LogP contribution is 2.29. The lowest BCUT2D eigenvalue weighted by molar-refractivity contribution is 0.0953. The molecule has 0 bridgehead atoms. The Hall–Kier alpha value is -2.21. The SMILES string of the molecule is COCCNCCNC(=O)c1ccc2c(c1)S(=O)(=O)Nc1ncnn1-2.Cl. The molecule has 1 amide bonds. The first-order chi connectivity index (χ1) is 12.0. The zero-order valence-corrected chi connectivity index (χ0v) is 15.6. The summed E-state index contributed by atoms with van der Waals surface area (Å²) in [7, 11) is -2.18. The Labute approximate surface area is 156 Å². The third kappa shape index (κ3) is 4.12. The maximum Gasteiger partial charge on any atom is 0.266 e. The summed E-state index contributed by atoms with van der Waals surface area (Å²) < 4.78 is 33.2. The number of fused-ring (bicyclic) bond motifs is 3. The number of rotatable bonds is 7. The van der Waals surface area contributed by atoms with Gasteiger partial charge in [0.2, 0.25) is 5.95 Å². The highest BCUT2D eigenvalue weighted by molar-refractivity contribution is 7.93. The maximum atomic E-state index is 12.3. The van der Waals surface area contributed by atoms with Gasteiger partial charge in [-0.3, -0.25) is 4.79 Å². The van der Waals surface area contributed by atoms with Gasteiger partial charge in [-0.05, 0) is 18.2 Å². The fourth-order valence-corrected chi connectivity index (χ4v) is 3.58. The summed E-state index contributed by atoms with van der Waals surface area (Å²) in [5.74, 6) is -0.234. The molecule has 0 radical (unpaired) electrons. The van der Waals surface area contributed by atoms with E-state index in [0.29, 0.717) is 31.9 Å². The lowest BCUT2D eigenvalue weighted by Gasteiger charge is -2.19. The number of ether oxygens (including phenoxy) is 1. The first-order valence-corrected chi connectivity index (χ1v) is 9.06. The second-order valence-corrected chi connectivity index (χ2v) is 6.93. The highest BCUT2D eigenvalue weighted by Gasteiger charge is 2.29. The van der Waals surface area contributed by atoms with Crippen LogP contribution in [0.5, 0.6) is 0 Å². The fraction of sp³-hybridized carbons (Fsp3) is 0.357. The van der Waals surface area contributed by atoms with Gasteiger partial charge in [0, 0.05) is 32.3 Å². The van der Waals surface area contributed by atoms with Gasteiger partial charge < -0.3 is 15.4 Å². The van der Waals surface area contributed by atoms with Crippen molar-refractivity contribution in [1.29, 1.82) is 0 Å². The molecule has 0 unspecified atom stereocenters. The first-order valence-electron chi connectivity index (χ1n) is 7.58. The van der Waals surface area contributed by atoms with Crippen LogP contribution < -0.4 is 15.4 Å². The van der Waals surface area contributed by atoms with Crippen LogP contribution in [-0.2, 0) is 14.8 Å². The first kappa shape index (κ1) is 20.1. The topological polar surface area (TPSA) is 127 Å². The quantitative estimate of drug-likeness (QED) is 0.546. The number of hydrogen-bond acceptors (Lipinski definition) is 7. The van der Waals surface area contributed by atoms with Gasteiger partial charge in [0.25, 0.3) is 15.9 Å². The van der Waals surface area contributed by atoms with E-state index in [1.54, 1.807) is 13.2 Å². The second kappa shape index (κ2) is 8.45. The van der Waals surface area contributed by atoms with Crippen molar-refractivity contribution < 1.29 is 17.9 Å². The Morgan fingerprint density at radius 3 is 2.88 bits per heavy atom. The zero-order chi connectivity index (χ0) is 17.9. The minimum atomic E-state index is -3.80. The van der Waals surface area contributed by atoms with E-state index in [9.17, 15) is 13.2 Å². The third-order valence-corrected chi connectivity index (χ3v) is 4.94. The zero-order valence-electron chi connectivity index (χ0n) is 13.9. The number of nitrogens with one attached hydrogen (secondary N) is 3. The van der Waals surface area contributed by atoms with Crippen molar-refractivity contribution in [2.45, 2.75) is 4.90 Å². The van der Waals surface area contributed by atoms with Crippen LogP contribution >= 0.6 is 12.4 Å². The number of benzene rings is 1. The van der Waals surface area contributed by atoms with E-state index in [2.05, 4.69) is 25.4 Å². The van der Waals surface area contributed by atoms with Crippen molar-refractivity contribution in [3.05, 3.63) is 30.1 Å². The molecule has 3 rings (SSSR count). The van der Waals surface area contributed by atoms with Gasteiger partial charge in [-0.2, -0.15) is 14.8 Å². The summed E-state index contributed by atoms with van der Waals surface area (Å²) in [5.41, 5.74) is 0.605. The van der Waals surface area contributed by atoms with Crippen molar-refractivity contribution in [1.82, 2.24) is 25.4 Å². The smallest absolute Gasteiger partial charge is 0.266 e. The number of carbonyl (C=O) groups is 1. The summed E-state index contributed by atoms with van der Waals surface area (Å²) in [6.07, 6.45) is 1.25. The Morgan fingerprint density at radius 1 is 1.31 bits per heavy atom. The van der Waals surface area contributed by atoms with E-state index >= 15 is 0 Å². The molecule has 26 heavy (non-hydrogen) atoms. The third-order valence-electron chi connectivity index (χ3n) is 3.58. The average Bonchev–Trinajstić information content (AvgIpc) is 3.05. The van der Waals surface area contributed by atoms with Gasteiger partial charge in [-0.25, -0.2) is 13.1 Å². The Kier molecular flexibility index (Phi) is 6.53. The number of hydrogen-bond donors (Lipinski definition) is 3. The van der Waals surface area contributed by atoms with Crippen molar-refractivity contribution >= 4 is 34.3 Å². The molecule has 3 N–H and O–H groups in total. The Balaban J connectivity index is 0.00000243. The molecule has 0 aliphatic carbocycles. The van der Waals surface area contributed by atoms with Crippen LogP contribution in [0.4, 0.5) is 5.95 Å². The molecule has 12 heteroatoms. The molecule has 142 valence electrons. The predicted molar refractivity (Wildman–Crippen MR) is 96.5 cm³/mol. The van der Waals surface area contributed by atoms with Crippen molar-refractivity contribution in [2.24, 2.45) is 0 Å². The van der Waals surface area contributed by atoms with E-state index in [-0.39, 0.29) is 34.7 Å². The number of methoxy groups -OCH3 is 1. The number of carbonyl (C=O) groups excluding carboxylic acids is 1. The number of amides is 1. The van der Waals surface area contributed by atoms with Crippen LogP contribution in [-0.4, -0.2) is 62.4 Å². The van der Waals surface area contributed by atoms with Crippen molar-refractivity contribution in [3.8, 4) is 5.69 Å². The summed E-state index contributed by atoms with van der Waals surface area (Å²) in [6, 6.07) is 4.42. The van der Waals surface area contributed by atoms with Gasteiger partial charge >= 0.3 is 0 Å². The second-order valence-electron chi connectivity index (χ2n) is 5.28. The van der Waals surface area contributed by atoms with E-state index < -0.39 is 10.0 Å². The summed E-state index contributed by atoms with van der Waals surface area (Å²) in [4.78, 5) is 16.0. The van der Waals surface area contributed by atoms with Gasteiger partial charge in [-0.1, -0.05) is 0 Å². The largest absolute Gasteiger partial charge is 0.383 e. The fourth-order valence-electron chi connectivity index (χ4n) is 2.37. The molecular weight excluding hydrogens is 384 g/mol. The van der Waals surface area contributed by atoms with E-state index in [1.807, 2.05) is 0 Å². The Morgan fingerprint density at radius 2 is 2.12 bits per heavy atom. The van der Waals surface area contributed by atoms with Gasteiger partial charge in [-0.15, -0.1) is 12.4 Å². The van der Waals surface area contributed by atoms with Gasteiger partial charge in [0.15, 0.2) is 0 Å². The number of sulfonamides is 1. The molecular formula is C14H19ClN6O4S. The molecule has 0 saturated heterocycles. The van der Waals surface area contributed by atoms with Crippen LogP contribution in [0.25, 0.3) is 5.69 Å². The summed E-state index contributed by atoms with van der Waals surface area (Å²) in [5, 5.41) is 9.81. The van der Waals surface area contributed by atoms with Gasteiger partial charge in [0.05, 0.1) is 12.3 Å². The molecule has 0 fully saturated rings. The molecule has 2 heterocycles. The van der Waals surface area contributed by atoms with E-state index in [1.165, 1.54) is 23.1 Å². The molecule has 1 aliphatic heterocycles. The maximum absolute atomic E-state index is 12.3. The lowest BCUT2D eigenvalue weighted by Crippen LogP contribution is -2.33. The lowest BCUT2D eigenvalue weighted by atomic mass is 10.2. The van der Waals surface area contributed by atoms with Crippen LogP contribution in [0.3, 0.4) is 0 Å². The van der Waals surface area contributed by atoms with Crippen LogP contribution in [0.1, 0.15) is 10.4 Å². The highest BCUT2D eigenvalue weighted by atomic mass is 35.5. The molecule has 0 saturated carbocycles. The van der Waals surface area contributed by atoms with Crippen LogP contribution in [0, 0.1) is 0 Å². The monoisotopic (exact) mass is 402 g/mol. The van der Waals surface area contributed by atoms with E-state index in [4.69, 9.17) is 4.74 Å². The van der Waals surface area contributed by atoms with E-state index in [0.717, 1.165) is 0 Å². The minimum absolute atomic E-state index is 0. The number of nitrogens with zero attached hydrogens (tertiary/aromatic N) is 3. The normalized spacial score (nSPS) is 13.7. The predicted octanol–water partition coefficient (Wildman–Crippen LogP) is -0.231. The molecule has 1 aliphatic rings.